The molecule has 2 saturated heterocycles. The summed E-state index contributed by atoms with van der Waals surface area (Å²) in [5.74, 6) is 0.0206. The number of piperazine rings is 1. The molecule has 0 radical (unpaired) electrons. The minimum atomic E-state index is -0.263. The Kier molecular flexibility index (Phi) is 4.34. The van der Waals surface area contributed by atoms with Crippen LogP contribution in [0.15, 0.2) is 36.1 Å². The van der Waals surface area contributed by atoms with Crippen LogP contribution in [-0.2, 0) is 10.3 Å². The molecule has 0 aliphatic carbocycles. The highest BCUT2D eigenvalue weighted by atomic mass is 32.1. The highest BCUT2D eigenvalue weighted by Crippen LogP contribution is 2.39. The van der Waals surface area contributed by atoms with Gasteiger partial charge in [0.2, 0.25) is 5.91 Å². The summed E-state index contributed by atoms with van der Waals surface area (Å²) in [7, 11) is 0. The van der Waals surface area contributed by atoms with E-state index in [-0.39, 0.29) is 11.4 Å². The first-order chi connectivity index (χ1) is 13.6. The van der Waals surface area contributed by atoms with Crippen LogP contribution >= 0.6 is 11.3 Å². The summed E-state index contributed by atoms with van der Waals surface area (Å²) < 4.78 is 0. The van der Waals surface area contributed by atoms with Crippen molar-refractivity contribution in [3.8, 4) is 0 Å². The first-order valence-corrected chi connectivity index (χ1v) is 10.4. The fourth-order valence-electron chi connectivity index (χ4n) is 4.51. The number of aryl methyl sites for hydroxylation is 1. The number of fused-ring (bicyclic) bond motifs is 3. The van der Waals surface area contributed by atoms with Crippen molar-refractivity contribution in [3.63, 3.8) is 0 Å². The third-order valence-electron chi connectivity index (χ3n) is 5.75. The molecule has 7 nitrogen and oxygen atoms in total. The van der Waals surface area contributed by atoms with Gasteiger partial charge >= 0.3 is 0 Å². The Labute approximate surface area is 167 Å². The summed E-state index contributed by atoms with van der Waals surface area (Å²) in [6.45, 7) is 3.99. The van der Waals surface area contributed by atoms with Crippen molar-refractivity contribution in [1.29, 1.82) is 0 Å². The number of likely N-dealkylation sites (tertiary alicyclic amines) is 1. The van der Waals surface area contributed by atoms with Crippen molar-refractivity contribution < 1.29 is 4.79 Å². The maximum atomic E-state index is 12.7. The third-order valence-corrected chi connectivity index (χ3v) is 6.48. The van der Waals surface area contributed by atoms with E-state index in [0.29, 0.717) is 12.6 Å². The predicted molar refractivity (Wildman–Crippen MR) is 109 cm³/mol. The lowest BCUT2D eigenvalue weighted by Gasteiger charge is -2.40. The van der Waals surface area contributed by atoms with Gasteiger partial charge < -0.3 is 10.6 Å². The van der Waals surface area contributed by atoms with Gasteiger partial charge in [-0.2, -0.15) is 0 Å². The number of hydrogen-bond acceptors (Lipinski definition) is 7. The van der Waals surface area contributed by atoms with Crippen molar-refractivity contribution >= 4 is 33.3 Å². The van der Waals surface area contributed by atoms with Crippen LogP contribution in [0.5, 0.6) is 0 Å². The number of hydrogen-bond donors (Lipinski definition) is 2. The SMILES string of the molecule is Cc1ccccc1NC(=O)CN1CC2CCC(c3ncnc4scnc34)(C1)N2. The Bertz CT molecular complexity index is 1040. The molecule has 2 fully saturated rings. The zero-order chi connectivity index (χ0) is 19.1. The van der Waals surface area contributed by atoms with Crippen LogP contribution in [0.4, 0.5) is 5.69 Å². The molecule has 8 heteroatoms. The van der Waals surface area contributed by atoms with Gasteiger partial charge in [0, 0.05) is 24.8 Å². The third kappa shape index (κ3) is 3.07. The maximum Gasteiger partial charge on any atom is 0.238 e. The molecule has 4 heterocycles. The van der Waals surface area contributed by atoms with Gasteiger partial charge in [-0.05, 0) is 31.4 Å². The Morgan fingerprint density at radius 3 is 3.14 bits per heavy atom. The average molecular weight is 395 g/mol. The van der Waals surface area contributed by atoms with E-state index < -0.39 is 0 Å². The molecule has 5 rings (SSSR count). The molecule has 2 unspecified atom stereocenters. The second-order valence-electron chi connectivity index (χ2n) is 7.72. The van der Waals surface area contributed by atoms with Crippen LogP contribution in [0.3, 0.4) is 0 Å². The highest BCUT2D eigenvalue weighted by molar-refractivity contribution is 7.16. The second-order valence-corrected chi connectivity index (χ2v) is 8.56. The summed E-state index contributed by atoms with van der Waals surface area (Å²) in [5, 5.41) is 6.81. The van der Waals surface area contributed by atoms with Gasteiger partial charge in [-0.3, -0.25) is 9.69 Å². The fourth-order valence-corrected chi connectivity index (χ4v) is 5.13. The fraction of sp³-hybridized carbons (Fsp3) is 0.400. The summed E-state index contributed by atoms with van der Waals surface area (Å²) in [6.07, 6.45) is 3.70. The zero-order valence-electron chi connectivity index (χ0n) is 15.7. The van der Waals surface area contributed by atoms with Gasteiger partial charge in [0.1, 0.15) is 16.7 Å². The number of amides is 1. The van der Waals surface area contributed by atoms with Crippen molar-refractivity contribution in [3.05, 3.63) is 47.4 Å². The van der Waals surface area contributed by atoms with Gasteiger partial charge in [0.05, 0.1) is 23.3 Å². The smallest absolute Gasteiger partial charge is 0.238 e. The first kappa shape index (κ1) is 17.7. The van der Waals surface area contributed by atoms with E-state index >= 15 is 0 Å². The molecule has 0 spiro atoms. The van der Waals surface area contributed by atoms with Crippen molar-refractivity contribution in [2.24, 2.45) is 0 Å². The molecule has 2 aliphatic heterocycles. The standard InChI is InChI=1S/C20H22N6OS/c1-13-4-2-3-5-15(13)24-16(27)9-26-8-14-6-7-20(10-26,25-14)18-17-19(22-11-21-18)28-12-23-17/h2-5,11-12,14,25H,6-10H2,1H3,(H,24,27). The lowest BCUT2D eigenvalue weighted by molar-refractivity contribution is -0.117. The molecule has 28 heavy (non-hydrogen) atoms. The Morgan fingerprint density at radius 2 is 2.25 bits per heavy atom. The Hall–Kier alpha value is -2.42. The largest absolute Gasteiger partial charge is 0.325 e. The molecule has 144 valence electrons. The lowest BCUT2D eigenvalue weighted by atomic mass is 9.91. The summed E-state index contributed by atoms with van der Waals surface area (Å²) >= 11 is 1.53. The van der Waals surface area contributed by atoms with Crippen LogP contribution in [0.25, 0.3) is 10.3 Å². The summed E-state index contributed by atoms with van der Waals surface area (Å²) in [5.41, 5.74) is 5.35. The van der Waals surface area contributed by atoms with Crippen molar-refractivity contribution in [2.75, 3.05) is 25.0 Å². The molecule has 2 atom stereocenters. The molecular formula is C20H22N6OS. The monoisotopic (exact) mass is 394 g/mol. The molecule has 2 aliphatic rings. The molecule has 3 aromatic rings. The van der Waals surface area contributed by atoms with Gasteiger partial charge in [0.15, 0.2) is 0 Å². The predicted octanol–water partition coefficient (Wildman–Crippen LogP) is 2.30. The van der Waals surface area contributed by atoms with Crippen LogP contribution in [0.2, 0.25) is 0 Å². The Morgan fingerprint density at radius 1 is 1.36 bits per heavy atom. The molecular weight excluding hydrogens is 372 g/mol. The minimum Gasteiger partial charge on any atom is -0.325 e. The number of benzene rings is 1. The number of rotatable bonds is 4. The van der Waals surface area contributed by atoms with E-state index in [1.807, 2.05) is 36.7 Å². The van der Waals surface area contributed by atoms with E-state index in [9.17, 15) is 4.79 Å². The van der Waals surface area contributed by atoms with Crippen molar-refractivity contribution in [1.82, 2.24) is 25.2 Å². The Balaban J connectivity index is 1.36. The van der Waals surface area contributed by atoms with Crippen LogP contribution in [0, 0.1) is 6.92 Å². The van der Waals surface area contributed by atoms with E-state index in [1.54, 1.807) is 6.33 Å². The first-order valence-electron chi connectivity index (χ1n) is 9.53. The number of nitrogens with zero attached hydrogens (tertiary/aromatic N) is 4. The van der Waals surface area contributed by atoms with Crippen LogP contribution < -0.4 is 10.6 Å². The van der Waals surface area contributed by atoms with Crippen LogP contribution in [0.1, 0.15) is 24.1 Å². The number of thiazole rings is 1. The number of para-hydroxylation sites is 1. The number of anilines is 1. The number of carbonyl (C=O) groups excluding carboxylic acids is 1. The summed E-state index contributed by atoms with van der Waals surface area (Å²) in [6, 6.07) is 8.23. The van der Waals surface area contributed by atoms with Crippen molar-refractivity contribution in [2.45, 2.75) is 31.3 Å². The molecule has 0 saturated carbocycles. The molecule has 1 aromatic carbocycles. The molecule has 1 amide bonds. The van der Waals surface area contributed by atoms with Crippen LogP contribution in [-0.4, -0.2) is 51.4 Å². The number of carbonyl (C=O) groups is 1. The lowest BCUT2D eigenvalue weighted by Crippen LogP contribution is -2.59. The van der Waals surface area contributed by atoms with Gasteiger partial charge in [-0.15, -0.1) is 11.3 Å². The quantitative estimate of drug-likeness (QED) is 0.707. The topological polar surface area (TPSA) is 83.0 Å². The molecule has 2 bridgehead atoms. The van der Waals surface area contributed by atoms with E-state index in [1.165, 1.54) is 11.3 Å². The van der Waals surface area contributed by atoms with Gasteiger partial charge in [0.25, 0.3) is 0 Å². The highest BCUT2D eigenvalue weighted by Gasteiger charge is 2.48. The van der Waals surface area contributed by atoms with E-state index in [2.05, 4.69) is 30.5 Å². The number of nitrogens with one attached hydrogen (secondary N) is 2. The second kappa shape index (κ2) is 6.88. The average Bonchev–Trinajstić information content (AvgIpc) is 3.28. The zero-order valence-corrected chi connectivity index (χ0v) is 16.5. The minimum absolute atomic E-state index is 0.0206. The number of aromatic nitrogens is 3. The summed E-state index contributed by atoms with van der Waals surface area (Å²) in [4.78, 5) is 29.3. The van der Waals surface area contributed by atoms with Gasteiger partial charge in [-0.25, -0.2) is 15.0 Å². The van der Waals surface area contributed by atoms with E-state index in [0.717, 1.165) is 53.2 Å². The van der Waals surface area contributed by atoms with E-state index in [4.69, 9.17) is 0 Å². The molecule has 2 aromatic heterocycles. The maximum absolute atomic E-state index is 12.7. The van der Waals surface area contributed by atoms with Gasteiger partial charge in [-0.1, -0.05) is 18.2 Å². The molecule has 2 N–H and O–H groups in total. The normalized spacial score (nSPS) is 24.5.